The van der Waals surface area contributed by atoms with Crippen molar-refractivity contribution < 1.29 is 29.3 Å². The summed E-state index contributed by atoms with van der Waals surface area (Å²) < 4.78 is 10.4. The predicted molar refractivity (Wildman–Crippen MR) is 55.6 cm³/mol. The van der Waals surface area contributed by atoms with Gasteiger partial charge in [0.2, 0.25) is 0 Å². The normalized spacial score (nSPS) is 21.6. The van der Waals surface area contributed by atoms with Crippen LogP contribution in [0.25, 0.3) is 0 Å². The molecule has 1 rings (SSSR count). The first-order chi connectivity index (χ1) is 8.13. The second-order valence-corrected chi connectivity index (χ2v) is 3.50. The molecule has 0 saturated carbocycles. The van der Waals surface area contributed by atoms with Crippen LogP contribution >= 0.6 is 0 Å². The monoisotopic (exact) mass is 248 g/mol. The van der Waals surface area contributed by atoms with E-state index in [1.807, 2.05) is 0 Å². The highest BCUT2D eigenvalue weighted by Crippen LogP contribution is 1.98. The number of carboxylic acids is 1. The number of carbonyl (C=O) groups is 2. The maximum atomic E-state index is 11.3. The average molecular weight is 248 g/mol. The smallest absolute Gasteiger partial charge is 0.328 e. The first-order valence-electron chi connectivity index (χ1n) is 5.21. The Bertz CT molecular complexity index is 266. The fourth-order valence-electron chi connectivity index (χ4n) is 1.26. The number of rotatable bonds is 5. The fourth-order valence-corrected chi connectivity index (χ4v) is 1.26. The minimum absolute atomic E-state index is 0.226. The summed E-state index contributed by atoms with van der Waals surface area (Å²) in [6, 6.07) is -1.97. The number of urea groups is 1. The number of amides is 2. The number of aliphatic carboxylic acids is 1. The number of hydrogen-bond acceptors (Lipinski definition) is 5. The van der Waals surface area contributed by atoms with E-state index in [1.54, 1.807) is 0 Å². The van der Waals surface area contributed by atoms with Crippen molar-refractivity contribution in [3.8, 4) is 0 Å². The predicted octanol–water partition coefficient (Wildman–Crippen LogP) is -1.85. The Kier molecular flexibility index (Phi) is 5.67. The summed E-state index contributed by atoms with van der Waals surface area (Å²) in [6.45, 7) is 0.967. The number of carbonyl (C=O) groups excluding carboxylic acids is 1. The van der Waals surface area contributed by atoms with Crippen LogP contribution in [0.5, 0.6) is 0 Å². The largest absolute Gasteiger partial charge is 0.480 e. The third kappa shape index (κ3) is 4.98. The lowest BCUT2D eigenvalue weighted by Gasteiger charge is -2.23. The van der Waals surface area contributed by atoms with Gasteiger partial charge in [-0.2, -0.15) is 0 Å². The minimum Gasteiger partial charge on any atom is -0.480 e. The van der Waals surface area contributed by atoms with E-state index in [4.69, 9.17) is 19.7 Å². The quantitative estimate of drug-likeness (QED) is 0.453. The summed E-state index contributed by atoms with van der Waals surface area (Å²) in [4.78, 5) is 21.8. The zero-order chi connectivity index (χ0) is 12.7. The molecule has 8 nitrogen and oxygen atoms in total. The highest BCUT2D eigenvalue weighted by atomic mass is 16.6. The lowest BCUT2D eigenvalue weighted by Crippen LogP contribution is -2.50. The summed E-state index contributed by atoms with van der Waals surface area (Å²) in [6.07, 6.45) is -0.230. The first-order valence-corrected chi connectivity index (χ1v) is 5.21. The lowest BCUT2D eigenvalue weighted by molar-refractivity contribution is -0.140. The molecule has 0 aliphatic carbocycles. The number of ether oxygens (including phenoxy) is 2. The zero-order valence-corrected chi connectivity index (χ0v) is 9.22. The van der Waals surface area contributed by atoms with Gasteiger partial charge in [-0.3, -0.25) is 0 Å². The van der Waals surface area contributed by atoms with Crippen molar-refractivity contribution in [3.05, 3.63) is 0 Å². The van der Waals surface area contributed by atoms with Crippen molar-refractivity contribution >= 4 is 12.0 Å². The van der Waals surface area contributed by atoms with Gasteiger partial charge in [0.25, 0.3) is 0 Å². The lowest BCUT2D eigenvalue weighted by atomic mass is 10.3. The Morgan fingerprint density at radius 2 is 2.18 bits per heavy atom. The number of nitrogens with one attached hydrogen (secondary N) is 2. The molecular weight excluding hydrogens is 232 g/mol. The summed E-state index contributed by atoms with van der Waals surface area (Å²) >= 11 is 0. The summed E-state index contributed by atoms with van der Waals surface area (Å²) in [5.41, 5.74) is 0. The zero-order valence-electron chi connectivity index (χ0n) is 9.22. The second-order valence-electron chi connectivity index (χ2n) is 3.50. The van der Waals surface area contributed by atoms with Crippen molar-refractivity contribution in [2.24, 2.45) is 0 Å². The molecule has 2 atom stereocenters. The minimum atomic E-state index is -1.31. The van der Waals surface area contributed by atoms with Crippen molar-refractivity contribution in [1.29, 1.82) is 0 Å². The van der Waals surface area contributed by atoms with Gasteiger partial charge in [0.15, 0.2) is 6.04 Å². The van der Waals surface area contributed by atoms with Gasteiger partial charge in [0.05, 0.1) is 32.5 Å². The molecule has 0 bridgehead atoms. The van der Waals surface area contributed by atoms with Gasteiger partial charge < -0.3 is 30.3 Å². The van der Waals surface area contributed by atoms with Crippen LogP contribution in [0.4, 0.5) is 4.79 Å². The SMILES string of the molecule is O=C(NCC1COCCO1)NC(CO)C(=O)O. The number of carboxylic acid groups (broad SMARTS) is 1. The van der Waals surface area contributed by atoms with Crippen LogP contribution in [0.3, 0.4) is 0 Å². The molecule has 1 aliphatic rings. The Hall–Kier alpha value is -1.38. The van der Waals surface area contributed by atoms with Gasteiger partial charge in [-0.1, -0.05) is 0 Å². The van der Waals surface area contributed by atoms with Crippen molar-refractivity contribution in [2.45, 2.75) is 12.1 Å². The van der Waals surface area contributed by atoms with Gasteiger partial charge in [-0.05, 0) is 0 Å². The van der Waals surface area contributed by atoms with Gasteiger partial charge in [0, 0.05) is 6.54 Å². The maximum absolute atomic E-state index is 11.3. The van der Waals surface area contributed by atoms with E-state index in [0.717, 1.165) is 0 Å². The Balaban J connectivity index is 2.21. The van der Waals surface area contributed by atoms with Crippen molar-refractivity contribution in [1.82, 2.24) is 10.6 Å². The fraction of sp³-hybridized carbons (Fsp3) is 0.778. The molecule has 0 radical (unpaired) electrons. The molecule has 0 aromatic carbocycles. The molecule has 0 aromatic rings. The number of aliphatic hydroxyl groups excluding tert-OH is 1. The molecule has 2 amide bonds. The topological polar surface area (TPSA) is 117 Å². The van der Waals surface area contributed by atoms with Crippen LogP contribution in [0, 0.1) is 0 Å². The molecule has 1 heterocycles. The van der Waals surface area contributed by atoms with Crippen molar-refractivity contribution in [3.63, 3.8) is 0 Å². The van der Waals surface area contributed by atoms with Gasteiger partial charge in [-0.15, -0.1) is 0 Å². The van der Waals surface area contributed by atoms with E-state index in [-0.39, 0.29) is 12.6 Å². The molecule has 8 heteroatoms. The third-order valence-electron chi connectivity index (χ3n) is 2.16. The van der Waals surface area contributed by atoms with E-state index in [0.29, 0.717) is 19.8 Å². The second kappa shape index (κ2) is 7.05. The highest BCUT2D eigenvalue weighted by molar-refractivity contribution is 5.82. The van der Waals surface area contributed by atoms with Gasteiger partial charge in [-0.25, -0.2) is 9.59 Å². The van der Waals surface area contributed by atoms with Crippen LogP contribution in [-0.4, -0.2) is 67.3 Å². The molecule has 0 spiro atoms. The molecular formula is C9H16N2O6. The third-order valence-corrected chi connectivity index (χ3v) is 2.16. The molecule has 98 valence electrons. The molecule has 1 saturated heterocycles. The van der Waals surface area contributed by atoms with Crippen LogP contribution in [-0.2, 0) is 14.3 Å². The van der Waals surface area contributed by atoms with E-state index in [9.17, 15) is 9.59 Å². The van der Waals surface area contributed by atoms with Crippen LogP contribution < -0.4 is 10.6 Å². The molecule has 0 aromatic heterocycles. The summed E-state index contributed by atoms with van der Waals surface area (Å²) in [5, 5.41) is 21.8. The molecule has 2 unspecified atom stereocenters. The molecule has 4 N–H and O–H groups in total. The Labute approximate surface area is 97.9 Å². The van der Waals surface area contributed by atoms with E-state index in [1.165, 1.54) is 0 Å². The average Bonchev–Trinajstić information content (AvgIpc) is 2.34. The van der Waals surface area contributed by atoms with Gasteiger partial charge >= 0.3 is 12.0 Å². The van der Waals surface area contributed by atoms with Crippen LogP contribution in [0.1, 0.15) is 0 Å². The first kappa shape index (κ1) is 13.7. The number of hydrogen-bond donors (Lipinski definition) is 4. The maximum Gasteiger partial charge on any atom is 0.328 e. The van der Waals surface area contributed by atoms with Crippen LogP contribution in [0.2, 0.25) is 0 Å². The Morgan fingerprint density at radius 3 is 2.71 bits per heavy atom. The van der Waals surface area contributed by atoms with E-state index >= 15 is 0 Å². The van der Waals surface area contributed by atoms with E-state index < -0.39 is 24.6 Å². The van der Waals surface area contributed by atoms with E-state index in [2.05, 4.69) is 10.6 Å². The molecule has 1 aliphatic heterocycles. The van der Waals surface area contributed by atoms with Gasteiger partial charge in [0.1, 0.15) is 0 Å². The molecule has 17 heavy (non-hydrogen) atoms. The standard InChI is InChI=1S/C9H16N2O6/c12-4-7(8(13)14)11-9(15)10-3-6-5-16-1-2-17-6/h6-7,12H,1-5H2,(H,13,14)(H2,10,11,15). The summed E-state index contributed by atoms with van der Waals surface area (Å²) in [7, 11) is 0. The van der Waals surface area contributed by atoms with Crippen LogP contribution in [0.15, 0.2) is 0 Å². The molecule has 1 fully saturated rings. The number of aliphatic hydroxyl groups is 1. The summed E-state index contributed by atoms with van der Waals surface area (Å²) in [5.74, 6) is -1.29. The van der Waals surface area contributed by atoms with Crippen molar-refractivity contribution in [2.75, 3.05) is 33.0 Å². The Morgan fingerprint density at radius 1 is 1.41 bits per heavy atom. The highest BCUT2D eigenvalue weighted by Gasteiger charge is 2.20.